The number of benzene rings is 1. The van der Waals surface area contributed by atoms with Gasteiger partial charge in [0.25, 0.3) is 0 Å². The molecule has 0 aromatic heterocycles. The molecule has 2 atom stereocenters. The van der Waals surface area contributed by atoms with E-state index in [1.807, 2.05) is 12.1 Å². The number of hydrogen-bond acceptors (Lipinski definition) is 7. The third-order valence-electron chi connectivity index (χ3n) is 4.40. The molecule has 7 heteroatoms. The molecular weight excluding hydrogens is 412 g/mol. The summed E-state index contributed by atoms with van der Waals surface area (Å²) in [4.78, 5) is 46.3. The van der Waals surface area contributed by atoms with Crippen molar-refractivity contribution in [3.8, 4) is 0 Å². The van der Waals surface area contributed by atoms with Gasteiger partial charge in [-0.1, -0.05) is 56.2 Å². The lowest BCUT2D eigenvalue weighted by Crippen LogP contribution is -2.37. The average molecular weight is 445 g/mol. The molecule has 0 fully saturated rings. The first kappa shape index (κ1) is 26.8. The number of ketones is 1. The van der Waals surface area contributed by atoms with E-state index in [-0.39, 0.29) is 12.4 Å². The van der Waals surface area contributed by atoms with Crippen molar-refractivity contribution >= 4 is 23.7 Å². The molecule has 0 aliphatic heterocycles. The summed E-state index contributed by atoms with van der Waals surface area (Å²) in [7, 11) is 0. The third-order valence-corrected chi connectivity index (χ3v) is 4.40. The van der Waals surface area contributed by atoms with Crippen LogP contribution in [-0.4, -0.2) is 42.5 Å². The van der Waals surface area contributed by atoms with Crippen molar-refractivity contribution in [1.82, 2.24) is 0 Å². The predicted octanol–water partition coefficient (Wildman–Crippen LogP) is 4.14. The summed E-state index contributed by atoms with van der Waals surface area (Å²) in [6.07, 6.45) is 8.33. The summed E-state index contributed by atoms with van der Waals surface area (Å²) in [5, 5.41) is 0. The summed E-state index contributed by atoms with van der Waals surface area (Å²) in [6, 6.07) is 7.52. The van der Waals surface area contributed by atoms with Crippen LogP contribution < -0.4 is 0 Å². The Kier molecular flexibility index (Phi) is 12.3. The van der Waals surface area contributed by atoms with E-state index in [9.17, 15) is 19.2 Å². The van der Waals surface area contributed by atoms with Gasteiger partial charge >= 0.3 is 17.9 Å². The number of esters is 3. The summed E-state index contributed by atoms with van der Waals surface area (Å²) >= 11 is 0. The van der Waals surface area contributed by atoms with Gasteiger partial charge in [0.1, 0.15) is 6.61 Å². The van der Waals surface area contributed by atoms with Crippen molar-refractivity contribution in [3.05, 3.63) is 59.7 Å². The van der Waals surface area contributed by atoms with Crippen LogP contribution >= 0.6 is 0 Å². The minimum atomic E-state index is -1.01. The van der Waals surface area contributed by atoms with Crippen molar-refractivity contribution in [2.45, 2.75) is 65.6 Å². The Labute approximate surface area is 189 Å². The van der Waals surface area contributed by atoms with E-state index in [2.05, 4.69) is 6.92 Å². The van der Waals surface area contributed by atoms with Crippen molar-refractivity contribution in [3.63, 3.8) is 0 Å². The summed E-state index contributed by atoms with van der Waals surface area (Å²) in [6.45, 7) is 5.51. The number of ether oxygens (including phenoxy) is 3. The SMILES string of the molecule is CCCCCc1ccc(C(=O)/C=C/C=C/[C@H](OC(C)=O)[C@@H](COC(C)=O)OC(C)=O)cc1. The van der Waals surface area contributed by atoms with Gasteiger partial charge < -0.3 is 14.2 Å². The van der Waals surface area contributed by atoms with Gasteiger partial charge in [0.05, 0.1) is 0 Å². The van der Waals surface area contributed by atoms with E-state index in [4.69, 9.17) is 14.2 Å². The quantitative estimate of drug-likeness (QED) is 0.113. The van der Waals surface area contributed by atoms with Crippen LogP contribution in [0.3, 0.4) is 0 Å². The fourth-order valence-corrected chi connectivity index (χ4v) is 2.87. The molecule has 32 heavy (non-hydrogen) atoms. The standard InChI is InChI=1S/C25H32O7/c1-5-6-7-10-21-13-15-22(16-14-21)23(29)11-8-9-12-24(31-19(3)27)25(32-20(4)28)17-30-18(2)26/h8-9,11-16,24-25H,5-7,10,17H2,1-4H3/b11-8+,12-9+/t24-,25+/m0/s1. The maximum Gasteiger partial charge on any atom is 0.303 e. The minimum absolute atomic E-state index is 0.171. The Morgan fingerprint density at radius 2 is 1.53 bits per heavy atom. The van der Waals surface area contributed by atoms with Gasteiger partial charge in [-0.3, -0.25) is 19.2 Å². The summed E-state index contributed by atoms with van der Waals surface area (Å²) in [5.41, 5.74) is 1.77. The number of carbonyl (C=O) groups is 4. The predicted molar refractivity (Wildman–Crippen MR) is 120 cm³/mol. The molecule has 0 aliphatic rings. The highest BCUT2D eigenvalue weighted by Crippen LogP contribution is 2.11. The lowest BCUT2D eigenvalue weighted by atomic mass is 10.0. The zero-order valence-electron chi connectivity index (χ0n) is 19.2. The normalized spacial score (nSPS) is 13.0. The highest BCUT2D eigenvalue weighted by atomic mass is 16.6. The second-order valence-electron chi connectivity index (χ2n) is 7.29. The molecule has 0 amide bonds. The first-order valence-electron chi connectivity index (χ1n) is 10.7. The lowest BCUT2D eigenvalue weighted by Gasteiger charge is -2.23. The average Bonchev–Trinajstić information content (AvgIpc) is 2.73. The molecular formula is C25H32O7. The van der Waals surface area contributed by atoms with Crippen LogP contribution in [-0.2, 0) is 35.0 Å². The largest absolute Gasteiger partial charge is 0.462 e. The van der Waals surface area contributed by atoms with E-state index >= 15 is 0 Å². The lowest BCUT2D eigenvalue weighted by molar-refractivity contribution is -0.169. The maximum absolute atomic E-state index is 12.4. The number of unbranched alkanes of at least 4 members (excludes halogenated alkanes) is 2. The minimum Gasteiger partial charge on any atom is -0.462 e. The van der Waals surface area contributed by atoms with E-state index < -0.39 is 30.1 Å². The molecule has 1 rings (SSSR count). The second-order valence-corrected chi connectivity index (χ2v) is 7.29. The smallest absolute Gasteiger partial charge is 0.303 e. The van der Waals surface area contributed by atoms with E-state index in [1.165, 1.54) is 63.5 Å². The molecule has 0 aliphatic carbocycles. The van der Waals surface area contributed by atoms with Gasteiger partial charge in [-0.05, 0) is 30.6 Å². The molecule has 0 radical (unpaired) electrons. The zero-order valence-corrected chi connectivity index (χ0v) is 19.2. The van der Waals surface area contributed by atoms with E-state index in [0.29, 0.717) is 5.56 Å². The monoisotopic (exact) mass is 444 g/mol. The Hall–Kier alpha value is -3.22. The summed E-state index contributed by atoms with van der Waals surface area (Å²) in [5.74, 6) is -1.94. The van der Waals surface area contributed by atoms with Crippen LogP contribution in [0.15, 0.2) is 48.6 Å². The number of rotatable bonds is 13. The molecule has 0 saturated carbocycles. The Morgan fingerprint density at radius 1 is 0.875 bits per heavy atom. The van der Waals surface area contributed by atoms with Gasteiger partial charge in [-0.25, -0.2) is 0 Å². The van der Waals surface area contributed by atoms with Crippen molar-refractivity contribution in [1.29, 1.82) is 0 Å². The first-order chi connectivity index (χ1) is 15.2. The highest BCUT2D eigenvalue weighted by Gasteiger charge is 2.26. The van der Waals surface area contributed by atoms with Crippen LogP contribution in [0.5, 0.6) is 0 Å². The van der Waals surface area contributed by atoms with Gasteiger partial charge in [0.2, 0.25) is 0 Å². The van der Waals surface area contributed by atoms with Crippen molar-refractivity contribution in [2.75, 3.05) is 6.61 Å². The number of allylic oxidation sites excluding steroid dienone is 3. The molecule has 7 nitrogen and oxygen atoms in total. The van der Waals surface area contributed by atoms with Crippen LogP contribution in [0.4, 0.5) is 0 Å². The third kappa shape index (κ3) is 11.2. The Balaban J connectivity index is 2.80. The van der Waals surface area contributed by atoms with Crippen molar-refractivity contribution < 1.29 is 33.4 Å². The van der Waals surface area contributed by atoms with Gasteiger partial charge in [0.15, 0.2) is 18.0 Å². The molecule has 0 unspecified atom stereocenters. The number of carbonyl (C=O) groups excluding carboxylic acids is 4. The summed E-state index contributed by atoms with van der Waals surface area (Å²) < 4.78 is 15.2. The number of aryl methyl sites for hydroxylation is 1. The molecule has 174 valence electrons. The maximum atomic E-state index is 12.4. The van der Waals surface area contributed by atoms with Crippen LogP contribution in [0.25, 0.3) is 0 Å². The van der Waals surface area contributed by atoms with Crippen LogP contribution in [0, 0.1) is 0 Å². The number of hydrogen-bond donors (Lipinski definition) is 0. The highest BCUT2D eigenvalue weighted by molar-refractivity contribution is 6.04. The molecule has 0 heterocycles. The van der Waals surface area contributed by atoms with E-state index in [1.54, 1.807) is 12.1 Å². The first-order valence-corrected chi connectivity index (χ1v) is 10.7. The van der Waals surface area contributed by atoms with Gasteiger partial charge in [-0.15, -0.1) is 0 Å². The molecule has 0 saturated heterocycles. The second kappa shape index (κ2) is 14.7. The molecule has 0 bridgehead atoms. The van der Waals surface area contributed by atoms with Gasteiger partial charge in [0, 0.05) is 26.3 Å². The molecule has 0 spiro atoms. The van der Waals surface area contributed by atoms with Crippen LogP contribution in [0.1, 0.15) is 62.9 Å². The fraction of sp³-hybridized carbons (Fsp3) is 0.440. The topological polar surface area (TPSA) is 96.0 Å². The van der Waals surface area contributed by atoms with Gasteiger partial charge in [-0.2, -0.15) is 0 Å². The van der Waals surface area contributed by atoms with Crippen LogP contribution in [0.2, 0.25) is 0 Å². The van der Waals surface area contributed by atoms with E-state index in [0.717, 1.165) is 12.8 Å². The van der Waals surface area contributed by atoms with Crippen molar-refractivity contribution in [2.24, 2.45) is 0 Å². The molecule has 0 N–H and O–H groups in total. The molecule has 1 aromatic rings. The zero-order chi connectivity index (χ0) is 23.9. The molecule has 1 aromatic carbocycles. The Morgan fingerprint density at radius 3 is 2.09 bits per heavy atom. The fourth-order valence-electron chi connectivity index (χ4n) is 2.87. The Bertz CT molecular complexity index is 821.